The minimum Gasteiger partial charge on any atom is -0.492 e. The fourth-order valence-electron chi connectivity index (χ4n) is 3.86. The van der Waals surface area contributed by atoms with Gasteiger partial charge in [0.2, 0.25) is 5.91 Å². The molecule has 0 bridgehead atoms. The number of rotatable bonds is 9. The van der Waals surface area contributed by atoms with Crippen LogP contribution in [0.3, 0.4) is 0 Å². The molecule has 1 aromatic carbocycles. The normalized spacial score (nSPS) is 16.9. The molecular weight excluding hydrogens is 442 g/mol. The SMILES string of the molecule is O=C(CSc1nnc(-c2cccs2)n1C1CC1)N1CCN(CCOc2ccccc2)CC1. The van der Waals surface area contributed by atoms with Crippen molar-refractivity contribution in [2.45, 2.75) is 24.0 Å². The highest BCUT2D eigenvalue weighted by Crippen LogP contribution is 2.41. The number of carbonyl (C=O) groups is 1. The van der Waals surface area contributed by atoms with Gasteiger partial charge < -0.3 is 9.64 Å². The number of nitrogens with zero attached hydrogens (tertiary/aromatic N) is 5. The Balaban J connectivity index is 1.08. The molecule has 1 aliphatic heterocycles. The van der Waals surface area contributed by atoms with Crippen LogP contribution < -0.4 is 4.74 Å². The third-order valence-corrected chi connectivity index (χ3v) is 7.58. The van der Waals surface area contributed by atoms with E-state index in [-0.39, 0.29) is 5.91 Å². The van der Waals surface area contributed by atoms with E-state index in [2.05, 4.69) is 31.1 Å². The molecule has 2 aliphatic rings. The summed E-state index contributed by atoms with van der Waals surface area (Å²) in [6.07, 6.45) is 2.32. The maximum atomic E-state index is 12.8. The van der Waals surface area contributed by atoms with Crippen LogP contribution in [0.15, 0.2) is 53.0 Å². The predicted molar refractivity (Wildman–Crippen MR) is 127 cm³/mol. The molecule has 0 unspecified atom stereocenters. The summed E-state index contributed by atoms with van der Waals surface area (Å²) in [5.74, 6) is 2.42. The Morgan fingerprint density at radius 2 is 1.88 bits per heavy atom. The van der Waals surface area contributed by atoms with Gasteiger partial charge in [0, 0.05) is 38.8 Å². The standard InChI is InChI=1S/C23H27N5O2S2/c29-21(27-12-10-26(11-13-27)14-15-30-19-5-2-1-3-6-19)17-32-23-25-24-22(20-7-4-16-31-20)28(23)18-8-9-18/h1-7,16,18H,8-15,17H2. The second-order valence-corrected chi connectivity index (χ2v) is 9.95. The summed E-state index contributed by atoms with van der Waals surface area (Å²) in [7, 11) is 0. The molecule has 1 saturated heterocycles. The lowest BCUT2D eigenvalue weighted by Crippen LogP contribution is -2.50. The van der Waals surface area contributed by atoms with Crippen LogP contribution in [0.2, 0.25) is 0 Å². The van der Waals surface area contributed by atoms with Gasteiger partial charge in [-0.25, -0.2) is 0 Å². The Bertz CT molecular complexity index is 1010. The minimum atomic E-state index is 0.179. The lowest BCUT2D eigenvalue weighted by atomic mass is 10.3. The van der Waals surface area contributed by atoms with E-state index >= 15 is 0 Å². The van der Waals surface area contributed by atoms with Gasteiger partial charge in [0.05, 0.1) is 10.6 Å². The fraction of sp³-hybridized carbons (Fsp3) is 0.435. The van der Waals surface area contributed by atoms with Crippen molar-refractivity contribution in [2.75, 3.05) is 45.1 Å². The van der Waals surface area contributed by atoms with Crippen molar-refractivity contribution in [3.05, 3.63) is 47.8 Å². The van der Waals surface area contributed by atoms with E-state index in [0.29, 0.717) is 18.4 Å². The molecule has 1 saturated carbocycles. The number of carbonyl (C=O) groups excluding carboxylic acids is 1. The first kappa shape index (κ1) is 21.5. The van der Waals surface area contributed by atoms with Crippen LogP contribution >= 0.6 is 23.1 Å². The smallest absolute Gasteiger partial charge is 0.233 e. The molecule has 0 radical (unpaired) electrons. The van der Waals surface area contributed by atoms with Gasteiger partial charge in [0.1, 0.15) is 12.4 Å². The summed E-state index contributed by atoms with van der Waals surface area (Å²) in [5, 5.41) is 11.8. The van der Waals surface area contributed by atoms with E-state index in [0.717, 1.165) is 67.2 Å². The largest absolute Gasteiger partial charge is 0.492 e. The molecule has 3 heterocycles. The molecule has 2 fully saturated rings. The van der Waals surface area contributed by atoms with Gasteiger partial charge in [-0.05, 0) is 36.4 Å². The summed E-state index contributed by atoms with van der Waals surface area (Å²) in [4.78, 5) is 18.3. The van der Waals surface area contributed by atoms with Crippen LogP contribution in [0.25, 0.3) is 10.7 Å². The Labute approximate surface area is 196 Å². The average molecular weight is 470 g/mol. The van der Waals surface area contributed by atoms with Crippen LogP contribution in [-0.2, 0) is 4.79 Å². The predicted octanol–water partition coefficient (Wildman–Crippen LogP) is 3.66. The molecule has 3 aromatic rings. The van der Waals surface area contributed by atoms with Gasteiger partial charge in [-0.2, -0.15) is 0 Å². The van der Waals surface area contributed by atoms with Crippen LogP contribution in [0.1, 0.15) is 18.9 Å². The van der Waals surface area contributed by atoms with Gasteiger partial charge in [0.25, 0.3) is 0 Å². The topological polar surface area (TPSA) is 63.5 Å². The van der Waals surface area contributed by atoms with E-state index in [9.17, 15) is 4.79 Å². The first-order chi connectivity index (χ1) is 15.8. The number of hydrogen-bond acceptors (Lipinski definition) is 7. The highest BCUT2D eigenvalue weighted by molar-refractivity contribution is 7.99. The zero-order valence-corrected chi connectivity index (χ0v) is 19.6. The van der Waals surface area contributed by atoms with E-state index in [1.54, 1.807) is 11.3 Å². The lowest BCUT2D eigenvalue weighted by Gasteiger charge is -2.34. The third-order valence-electron chi connectivity index (χ3n) is 5.79. The Morgan fingerprint density at radius 1 is 1.06 bits per heavy atom. The van der Waals surface area contributed by atoms with Crippen LogP contribution in [0.4, 0.5) is 0 Å². The highest BCUT2D eigenvalue weighted by Gasteiger charge is 2.31. The number of thiophene rings is 1. The molecule has 1 aliphatic carbocycles. The maximum Gasteiger partial charge on any atom is 0.233 e. The number of ether oxygens (including phenoxy) is 1. The quantitative estimate of drug-likeness (QED) is 0.446. The maximum absolute atomic E-state index is 12.8. The lowest BCUT2D eigenvalue weighted by molar-refractivity contribution is -0.130. The van der Waals surface area contributed by atoms with Gasteiger partial charge in [-0.1, -0.05) is 36.0 Å². The van der Waals surface area contributed by atoms with Crippen molar-refractivity contribution in [2.24, 2.45) is 0 Å². The highest BCUT2D eigenvalue weighted by atomic mass is 32.2. The van der Waals surface area contributed by atoms with Gasteiger partial charge in [-0.15, -0.1) is 21.5 Å². The van der Waals surface area contributed by atoms with Crippen LogP contribution in [-0.4, -0.2) is 75.6 Å². The Hall–Kier alpha value is -2.36. The monoisotopic (exact) mass is 469 g/mol. The van der Waals surface area contributed by atoms with Crippen LogP contribution in [0, 0.1) is 0 Å². The number of piperazine rings is 1. The molecule has 7 nitrogen and oxygen atoms in total. The summed E-state index contributed by atoms with van der Waals surface area (Å²) in [6, 6.07) is 14.5. The zero-order chi connectivity index (χ0) is 21.8. The number of amides is 1. The Morgan fingerprint density at radius 3 is 2.59 bits per heavy atom. The summed E-state index contributed by atoms with van der Waals surface area (Å²) < 4.78 is 8.03. The van der Waals surface area contributed by atoms with Crippen molar-refractivity contribution < 1.29 is 9.53 Å². The van der Waals surface area contributed by atoms with Gasteiger partial charge >= 0.3 is 0 Å². The molecule has 168 valence electrons. The molecule has 0 N–H and O–H groups in total. The molecule has 5 rings (SSSR count). The first-order valence-corrected chi connectivity index (χ1v) is 12.9. The number of aromatic nitrogens is 3. The second-order valence-electron chi connectivity index (χ2n) is 8.06. The Kier molecular flexibility index (Phi) is 6.75. The molecule has 2 aromatic heterocycles. The van der Waals surface area contributed by atoms with Crippen molar-refractivity contribution >= 4 is 29.0 Å². The average Bonchev–Trinajstić information content (AvgIpc) is 3.34. The number of hydrogen-bond donors (Lipinski definition) is 0. The minimum absolute atomic E-state index is 0.179. The number of benzene rings is 1. The van der Waals surface area contributed by atoms with Gasteiger partial charge in [0.15, 0.2) is 11.0 Å². The molecular formula is C23H27N5O2S2. The number of para-hydroxylation sites is 1. The van der Waals surface area contributed by atoms with Crippen molar-refractivity contribution in [1.82, 2.24) is 24.6 Å². The molecule has 0 spiro atoms. The van der Waals surface area contributed by atoms with Crippen molar-refractivity contribution in [3.8, 4) is 16.5 Å². The van der Waals surface area contributed by atoms with Crippen LogP contribution in [0.5, 0.6) is 5.75 Å². The number of thioether (sulfide) groups is 1. The van der Waals surface area contributed by atoms with E-state index < -0.39 is 0 Å². The molecule has 0 atom stereocenters. The summed E-state index contributed by atoms with van der Waals surface area (Å²) in [6.45, 7) is 4.84. The molecule has 9 heteroatoms. The second kappa shape index (κ2) is 10.1. The van der Waals surface area contributed by atoms with E-state index in [1.807, 2.05) is 41.3 Å². The summed E-state index contributed by atoms with van der Waals surface area (Å²) in [5.41, 5.74) is 0. The van der Waals surface area contributed by atoms with Crippen molar-refractivity contribution in [1.29, 1.82) is 0 Å². The van der Waals surface area contributed by atoms with Crippen molar-refractivity contribution in [3.63, 3.8) is 0 Å². The first-order valence-electron chi connectivity index (χ1n) is 11.1. The fourth-order valence-corrected chi connectivity index (χ4v) is 5.47. The van der Waals surface area contributed by atoms with Gasteiger partial charge in [-0.3, -0.25) is 14.3 Å². The third kappa shape index (κ3) is 5.16. The molecule has 32 heavy (non-hydrogen) atoms. The van der Waals surface area contributed by atoms with E-state index in [4.69, 9.17) is 4.74 Å². The molecule has 1 amide bonds. The zero-order valence-electron chi connectivity index (χ0n) is 17.9. The van der Waals surface area contributed by atoms with E-state index in [1.165, 1.54) is 11.8 Å². The summed E-state index contributed by atoms with van der Waals surface area (Å²) >= 11 is 3.20.